The van der Waals surface area contributed by atoms with E-state index in [0.29, 0.717) is 27.8 Å². The van der Waals surface area contributed by atoms with Crippen LogP contribution in [0.2, 0.25) is 0 Å². The van der Waals surface area contributed by atoms with E-state index in [-0.39, 0.29) is 23.1 Å². The zero-order chi connectivity index (χ0) is 30.4. The zero-order valence-corrected chi connectivity index (χ0v) is 23.7. The number of quaternary nitrogens is 1. The topological polar surface area (TPSA) is 97.6 Å². The van der Waals surface area contributed by atoms with Gasteiger partial charge in [0.25, 0.3) is 0 Å². The molecule has 9 nitrogen and oxygen atoms in total. The summed E-state index contributed by atoms with van der Waals surface area (Å²) < 4.78 is 45.0. The molecule has 0 bridgehead atoms. The van der Waals surface area contributed by atoms with Crippen LogP contribution in [0.1, 0.15) is 35.2 Å². The second-order valence-corrected chi connectivity index (χ2v) is 11.5. The van der Waals surface area contributed by atoms with E-state index in [0.717, 1.165) is 46.2 Å². The number of amides is 1. The van der Waals surface area contributed by atoms with E-state index in [1.54, 1.807) is 35.9 Å². The average Bonchev–Trinajstić information content (AvgIpc) is 3.53. The average molecular weight is 579 g/mol. The lowest BCUT2D eigenvalue weighted by molar-refractivity contribution is -0.870. The second kappa shape index (κ2) is 10.6. The van der Waals surface area contributed by atoms with Gasteiger partial charge in [-0.1, -0.05) is 6.07 Å². The number of aromatic nitrogens is 4. The number of rotatable bonds is 7. The van der Waals surface area contributed by atoms with Gasteiger partial charge in [0.1, 0.15) is 5.69 Å². The Hall–Kier alpha value is -4.63. The molecule has 12 heteroatoms. The van der Waals surface area contributed by atoms with Crippen molar-refractivity contribution >= 4 is 6.03 Å². The fourth-order valence-electron chi connectivity index (χ4n) is 4.88. The summed E-state index contributed by atoms with van der Waals surface area (Å²) >= 11 is 0. The van der Waals surface area contributed by atoms with Crippen LogP contribution in [0.4, 0.5) is 18.0 Å². The van der Waals surface area contributed by atoms with Gasteiger partial charge in [-0.25, -0.2) is 18.8 Å². The Kier molecular flexibility index (Phi) is 7.32. The van der Waals surface area contributed by atoms with Gasteiger partial charge in [0.05, 0.1) is 73.8 Å². The molecule has 0 aliphatic heterocycles. The van der Waals surface area contributed by atoms with Crippen molar-refractivity contribution in [3.63, 3.8) is 0 Å². The van der Waals surface area contributed by atoms with E-state index in [1.165, 1.54) is 18.3 Å². The highest BCUT2D eigenvalue weighted by Crippen LogP contribution is 2.32. The summed E-state index contributed by atoms with van der Waals surface area (Å²) in [5.41, 5.74) is 1.15. The van der Waals surface area contributed by atoms with E-state index in [1.807, 2.05) is 0 Å². The molecule has 0 radical (unpaired) electrons. The Bertz CT molecular complexity index is 1760. The van der Waals surface area contributed by atoms with E-state index in [9.17, 15) is 28.0 Å². The van der Waals surface area contributed by atoms with Crippen molar-refractivity contribution in [1.82, 2.24) is 24.2 Å². The first-order chi connectivity index (χ1) is 19.8. The van der Waals surface area contributed by atoms with Crippen molar-refractivity contribution < 1.29 is 22.4 Å². The molecule has 1 N–H and O–H groups in total. The van der Waals surface area contributed by atoms with Crippen LogP contribution >= 0.6 is 0 Å². The third-order valence-corrected chi connectivity index (χ3v) is 7.20. The van der Waals surface area contributed by atoms with Crippen molar-refractivity contribution in [2.24, 2.45) is 0 Å². The summed E-state index contributed by atoms with van der Waals surface area (Å²) in [6.07, 6.45) is -0.902. The lowest BCUT2D eigenvalue weighted by atomic mass is 10.0. The molecule has 42 heavy (non-hydrogen) atoms. The molecule has 2 aromatic carbocycles. The van der Waals surface area contributed by atoms with Crippen LogP contribution in [0, 0.1) is 18.3 Å². The van der Waals surface area contributed by atoms with Crippen molar-refractivity contribution in [1.29, 1.82) is 5.26 Å². The Labute approximate surface area is 240 Å². The van der Waals surface area contributed by atoms with Crippen LogP contribution in [-0.2, 0) is 12.6 Å². The molecule has 2 aromatic heterocycles. The molecule has 1 aliphatic carbocycles. The molecule has 0 atom stereocenters. The first kappa shape index (κ1) is 28.9. The van der Waals surface area contributed by atoms with Crippen molar-refractivity contribution in [2.45, 2.75) is 38.4 Å². The van der Waals surface area contributed by atoms with Gasteiger partial charge < -0.3 is 9.80 Å². The molecule has 5 rings (SSSR count). The van der Waals surface area contributed by atoms with Gasteiger partial charge in [0, 0.05) is 12.5 Å². The third-order valence-electron chi connectivity index (χ3n) is 7.20. The molecular weight excluding hydrogens is 547 g/mol. The Morgan fingerprint density at radius 1 is 1.14 bits per heavy atom. The fourth-order valence-corrected chi connectivity index (χ4v) is 4.88. The van der Waals surface area contributed by atoms with Crippen LogP contribution in [-0.4, -0.2) is 63.2 Å². The van der Waals surface area contributed by atoms with Crippen LogP contribution < -0.4 is 11.0 Å². The summed E-state index contributed by atoms with van der Waals surface area (Å²) in [5.74, 6) is 0. The van der Waals surface area contributed by atoms with Gasteiger partial charge >= 0.3 is 17.9 Å². The number of carbonyl (C=O) groups excluding carboxylic acids is 1. The third kappa shape index (κ3) is 5.73. The van der Waals surface area contributed by atoms with Crippen molar-refractivity contribution in [2.75, 3.05) is 27.7 Å². The lowest BCUT2D eigenvalue weighted by Gasteiger charge is -2.24. The summed E-state index contributed by atoms with van der Waals surface area (Å²) in [6, 6.07) is 12.8. The number of hydrogen-bond donors (Lipinski definition) is 1. The quantitative estimate of drug-likeness (QED) is 0.323. The maximum Gasteiger partial charge on any atom is 0.416 e. The molecule has 1 amide bonds. The maximum atomic E-state index is 13.8. The number of nitriles is 1. The number of carbonyl (C=O) groups is 1. The molecule has 1 fully saturated rings. The number of alkyl halides is 3. The number of likely N-dealkylation sites (N-methyl/N-ethyl adjacent to an activating group) is 1. The standard InChI is InChI=1S/C30H30F3N7O2/c1-19-27(26-12-14-35-39(26)25-11-8-20(18-34)16-21(25)13-15-40(2,3)4)38(28(41)36-23-9-10-23)29(42)37(19)24-7-5-6-22(17-24)30(31,32)33/h5-8,11-12,14,16-17,23H,9-10,13,15H2,1-4H3/p+1. The first-order valence-corrected chi connectivity index (χ1v) is 13.5. The van der Waals surface area contributed by atoms with E-state index >= 15 is 0 Å². The Morgan fingerprint density at radius 3 is 2.52 bits per heavy atom. The van der Waals surface area contributed by atoms with Gasteiger partial charge in [-0.2, -0.15) is 23.5 Å². The summed E-state index contributed by atoms with van der Waals surface area (Å²) in [7, 11) is 6.18. The van der Waals surface area contributed by atoms with Gasteiger partial charge in [-0.3, -0.25) is 4.57 Å². The fraction of sp³-hybridized carbons (Fsp3) is 0.333. The molecule has 0 spiro atoms. The van der Waals surface area contributed by atoms with Gasteiger partial charge in [0.2, 0.25) is 0 Å². The minimum atomic E-state index is -4.61. The second-order valence-electron chi connectivity index (χ2n) is 11.5. The largest absolute Gasteiger partial charge is 0.416 e. The molecule has 218 valence electrons. The number of nitrogens with zero attached hydrogens (tertiary/aromatic N) is 6. The zero-order valence-electron chi connectivity index (χ0n) is 23.7. The number of nitrogens with one attached hydrogen (secondary N) is 1. The van der Waals surface area contributed by atoms with Crippen molar-refractivity contribution in [3.05, 3.63) is 87.6 Å². The van der Waals surface area contributed by atoms with Gasteiger partial charge in [-0.15, -0.1) is 0 Å². The Morgan fingerprint density at radius 2 is 1.88 bits per heavy atom. The van der Waals surface area contributed by atoms with Crippen LogP contribution in [0.5, 0.6) is 0 Å². The van der Waals surface area contributed by atoms with Gasteiger partial charge in [0.15, 0.2) is 0 Å². The van der Waals surface area contributed by atoms with Crippen LogP contribution in [0.3, 0.4) is 0 Å². The van der Waals surface area contributed by atoms with E-state index in [2.05, 4.69) is 37.6 Å². The highest BCUT2D eigenvalue weighted by molar-refractivity contribution is 5.83. The normalized spacial score (nSPS) is 13.7. The van der Waals surface area contributed by atoms with Gasteiger partial charge in [-0.05, 0) is 67.8 Å². The molecule has 4 aromatic rings. The SMILES string of the molecule is Cc1c(-c2ccnn2-c2ccc(C#N)cc2CC[N+](C)(C)C)n(C(=O)NC2CC2)c(=O)n1-c1cccc(C(F)(F)F)c1. The van der Waals surface area contributed by atoms with E-state index < -0.39 is 23.5 Å². The number of benzene rings is 2. The van der Waals surface area contributed by atoms with Crippen LogP contribution in [0.15, 0.2) is 59.5 Å². The molecule has 0 unspecified atom stereocenters. The number of halogens is 3. The Balaban J connectivity index is 1.72. The molecule has 0 saturated heterocycles. The van der Waals surface area contributed by atoms with E-state index in [4.69, 9.17) is 0 Å². The highest BCUT2D eigenvalue weighted by atomic mass is 19.4. The number of imidazole rings is 1. The minimum Gasteiger partial charge on any atom is -0.335 e. The molecule has 2 heterocycles. The predicted molar refractivity (Wildman–Crippen MR) is 151 cm³/mol. The molecular formula is C30H31F3N7O2+. The monoisotopic (exact) mass is 578 g/mol. The predicted octanol–water partition coefficient (Wildman–Crippen LogP) is 4.66. The van der Waals surface area contributed by atoms with Crippen molar-refractivity contribution in [3.8, 4) is 28.8 Å². The molecule has 1 saturated carbocycles. The summed E-state index contributed by atoms with van der Waals surface area (Å²) in [4.78, 5) is 27.3. The summed E-state index contributed by atoms with van der Waals surface area (Å²) in [6.45, 7) is 2.35. The molecule has 1 aliphatic rings. The number of hydrogen-bond acceptors (Lipinski definition) is 4. The first-order valence-electron chi connectivity index (χ1n) is 13.5. The lowest BCUT2D eigenvalue weighted by Crippen LogP contribution is -2.38. The maximum absolute atomic E-state index is 13.8. The minimum absolute atomic E-state index is 0.0142. The smallest absolute Gasteiger partial charge is 0.335 e. The highest BCUT2D eigenvalue weighted by Gasteiger charge is 2.33. The van der Waals surface area contributed by atoms with Crippen LogP contribution in [0.25, 0.3) is 22.8 Å². The summed E-state index contributed by atoms with van der Waals surface area (Å²) in [5, 5.41) is 16.9.